The topological polar surface area (TPSA) is 29.3 Å². The summed E-state index contributed by atoms with van der Waals surface area (Å²) in [4.78, 5) is 2.86. The lowest BCUT2D eigenvalue weighted by Gasteiger charge is -2.39. The molecule has 0 unspecified atom stereocenters. The Labute approximate surface area is 123 Å². The zero-order valence-corrected chi connectivity index (χ0v) is 13.3. The Hall–Kier alpha value is -0.610. The van der Waals surface area contributed by atoms with Crippen LogP contribution in [-0.4, -0.2) is 18.1 Å². The quantitative estimate of drug-likeness (QED) is 0.840. The van der Waals surface area contributed by atoms with Gasteiger partial charge in [0.1, 0.15) is 4.99 Å². The number of piperidine rings is 1. The van der Waals surface area contributed by atoms with E-state index in [1.54, 1.807) is 0 Å². The highest BCUT2D eigenvalue weighted by Crippen LogP contribution is 2.34. The van der Waals surface area contributed by atoms with Crippen molar-refractivity contribution in [2.75, 3.05) is 18.0 Å². The molecule has 0 bridgehead atoms. The van der Waals surface area contributed by atoms with Gasteiger partial charge in [0.15, 0.2) is 0 Å². The van der Waals surface area contributed by atoms with Crippen LogP contribution >= 0.6 is 28.1 Å². The van der Waals surface area contributed by atoms with Crippen molar-refractivity contribution in [2.45, 2.75) is 26.7 Å². The molecule has 2 nitrogen and oxygen atoms in total. The molecule has 1 saturated heterocycles. The summed E-state index contributed by atoms with van der Waals surface area (Å²) >= 11 is 8.63. The maximum absolute atomic E-state index is 5.83. The summed E-state index contributed by atoms with van der Waals surface area (Å²) < 4.78 is 1.02. The second-order valence-corrected chi connectivity index (χ2v) is 7.03. The summed E-state index contributed by atoms with van der Waals surface area (Å²) in [6, 6.07) is 6.17. The Morgan fingerprint density at radius 1 is 1.33 bits per heavy atom. The number of rotatable bonds is 2. The zero-order valence-electron chi connectivity index (χ0n) is 10.9. The first-order chi connectivity index (χ1) is 8.39. The lowest BCUT2D eigenvalue weighted by atomic mass is 9.82. The van der Waals surface area contributed by atoms with Gasteiger partial charge in [0.05, 0.1) is 0 Å². The van der Waals surface area contributed by atoms with E-state index in [4.69, 9.17) is 18.0 Å². The van der Waals surface area contributed by atoms with E-state index in [0.29, 0.717) is 10.4 Å². The maximum Gasteiger partial charge on any atom is 0.106 e. The van der Waals surface area contributed by atoms with E-state index >= 15 is 0 Å². The van der Waals surface area contributed by atoms with Crippen LogP contribution < -0.4 is 10.6 Å². The summed E-state index contributed by atoms with van der Waals surface area (Å²) in [5.74, 6) is 0. The summed E-state index contributed by atoms with van der Waals surface area (Å²) in [6.07, 6.45) is 2.42. The van der Waals surface area contributed by atoms with Crippen molar-refractivity contribution in [3.05, 3.63) is 28.2 Å². The number of nitrogens with zero attached hydrogens (tertiary/aromatic N) is 1. The van der Waals surface area contributed by atoms with Gasteiger partial charge in [-0.15, -0.1) is 0 Å². The molecular formula is C14H19BrN2S. The van der Waals surface area contributed by atoms with Crippen LogP contribution in [0.1, 0.15) is 32.3 Å². The van der Waals surface area contributed by atoms with E-state index in [0.717, 1.165) is 23.1 Å². The largest absolute Gasteiger partial charge is 0.389 e. The van der Waals surface area contributed by atoms with Gasteiger partial charge in [0, 0.05) is 28.8 Å². The molecule has 1 aromatic carbocycles. The number of benzene rings is 1. The van der Waals surface area contributed by atoms with Crippen LogP contribution in [0.15, 0.2) is 22.7 Å². The van der Waals surface area contributed by atoms with Gasteiger partial charge in [-0.3, -0.25) is 0 Å². The third-order valence-electron chi connectivity index (χ3n) is 3.68. The number of hydrogen-bond donors (Lipinski definition) is 1. The molecule has 2 N–H and O–H groups in total. The molecule has 2 rings (SSSR count). The Bertz CT molecular complexity index is 461. The summed E-state index contributed by atoms with van der Waals surface area (Å²) in [5, 5.41) is 0. The van der Waals surface area contributed by atoms with Gasteiger partial charge < -0.3 is 10.6 Å². The Morgan fingerprint density at radius 2 is 1.94 bits per heavy atom. The minimum Gasteiger partial charge on any atom is -0.389 e. The Morgan fingerprint density at radius 3 is 2.50 bits per heavy atom. The fraction of sp³-hybridized carbons (Fsp3) is 0.500. The van der Waals surface area contributed by atoms with Crippen molar-refractivity contribution in [3.63, 3.8) is 0 Å². The monoisotopic (exact) mass is 326 g/mol. The van der Waals surface area contributed by atoms with E-state index in [1.165, 1.54) is 18.5 Å². The first kappa shape index (κ1) is 13.8. The first-order valence-electron chi connectivity index (χ1n) is 6.23. The average Bonchev–Trinajstić information content (AvgIpc) is 2.29. The lowest BCUT2D eigenvalue weighted by molar-refractivity contribution is 0.280. The Balaban J connectivity index is 2.26. The molecule has 1 aliphatic rings. The first-order valence-corrected chi connectivity index (χ1v) is 7.43. The van der Waals surface area contributed by atoms with Gasteiger partial charge in [0.25, 0.3) is 0 Å². The van der Waals surface area contributed by atoms with Crippen molar-refractivity contribution < 1.29 is 0 Å². The molecule has 1 aromatic rings. The summed E-state index contributed by atoms with van der Waals surface area (Å²) in [6.45, 7) is 6.81. The molecule has 0 saturated carbocycles. The number of anilines is 1. The molecule has 1 heterocycles. The Kier molecular flexibility index (Phi) is 3.97. The van der Waals surface area contributed by atoms with Crippen molar-refractivity contribution >= 4 is 38.8 Å². The molecule has 0 amide bonds. The van der Waals surface area contributed by atoms with Gasteiger partial charge in [-0.1, -0.05) is 42.0 Å². The molecule has 98 valence electrons. The molecule has 0 spiro atoms. The minimum absolute atomic E-state index is 0.454. The number of halogens is 1. The van der Waals surface area contributed by atoms with E-state index in [9.17, 15) is 0 Å². The third kappa shape index (κ3) is 3.04. The molecule has 0 aliphatic carbocycles. The van der Waals surface area contributed by atoms with Crippen molar-refractivity contribution in [1.29, 1.82) is 0 Å². The minimum atomic E-state index is 0.454. The van der Waals surface area contributed by atoms with E-state index in [1.807, 2.05) is 6.07 Å². The van der Waals surface area contributed by atoms with Crippen LogP contribution in [0.2, 0.25) is 0 Å². The molecule has 1 fully saturated rings. The highest BCUT2D eigenvalue weighted by Gasteiger charge is 2.26. The smallest absolute Gasteiger partial charge is 0.106 e. The SMILES string of the molecule is CC1(C)CCN(c2ccc(Br)cc2C(N)=S)CC1. The molecular weight excluding hydrogens is 308 g/mol. The fourth-order valence-electron chi connectivity index (χ4n) is 2.33. The third-order valence-corrected chi connectivity index (χ3v) is 4.39. The second-order valence-electron chi connectivity index (χ2n) is 5.68. The van der Waals surface area contributed by atoms with Crippen LogP contribution in [0.4, 0.5) is 5.69 Å². The van der Waals surface area contributed by atoms with Crippen LogP contribution in [-0.2, 0) is 0 Å². The predicted octanol–water partition coefficient (Wildman–Crippen LogP) is 3.71. The van der Waals surface area contributed by atoms with Gasteiger partial charge in [0.2, 0.25) is 0 Å². The van der Waals surface area contributed by atoms with E-state index in [2.05, 4.69) is 46.8 Å². The summed E-state index contributed by atoms with van der Waals surface area (Å²) in [7, 11) is 0. The van der Waals surface area contributed by atoms with E-state index < -0.39 is 0 Å². The lowest BCUT2D eigenvalue weighted by Crippen LogP contribution is -2.38. The molecule has 0 radical (unpaired) electrons. The van der Waals surface area contributed by atoms with Crippen molar-refractivity contribution in [3.8, 4) is 0 Å². The molecule has 0 atom stereocenters. The molecule has 0 aromatic heterocycles. The average molecular weight is 327 g/mol. The fourth-order valence-corrected chi connectivity index (χ4v) is 2.86. The van der Waals surface area contributed by atoms with Gasteiger partial charge in [-0.25, -0.2) is 0 Å². The zero-order chi connectivity index (χ0) is 13.3. The normalized spacial score (nSPS) is 18.7. The van der Waals surface area contributed by atoms with Gasteiger partial charge in [-0.05, 0) is 36.5 Å². The number of thiocarbonyl (C=S) groups is 1. The predicted molar refractivity (Wildman–Crippen MR) is 85.3 cm³/mol. The van der Waals surface area contributed by atoms with Gasteiger partial charge >= 0.3 is 0 Å². The standard InChI is InChI=1S/C14H19BrN2S/c1-14(2)5-7-17(8-6-14)12-4-3-10(15)9-11(12)13(16)18/h3-4,9H,5-8H2,1-2H3,(H2,16,18). The number of nitrogens with two attached hydrogens (primary N) is 1. The highest BCUT2D eigenvalue weighted by molar-refractivity contribution is 9.10. The van der Waals surface area contributed by atoms with Crippen LogP contribution in [0, 0.1) is 5.41 Å². The van der Waals surface area contributed by atoms with E-state index in [-0.39, 0.29) is 0 Å². The van der Waals surface area contributed by atoms with Crippen LogP contribution in [0.25, 0.3) is 0 Å². The summed E-state index contributed by atoms with van der Waals surface area (Å²) in [5.41, 5.74) is 8.42. The van der Waals surface area contributed by atoms with Crippen molar-refractivity contribution in [1.82, 2.24) is 0 Å². The second kappa shape index (κ2) is 5.17. The van der Waals surface area contributed by atoms with Crippen LogP contribution in [0.5, 0.6) is 0 Å². The maximum atomic E-state index is 5.83. The van der Waals surface area contributed by atoms with Crippen molar-refractivity contribution in [2.24, 2.45) is 11.1 Å². The number of hydrogen-bond acceptors (Lipinski definition) is 2. The molecule has 4 heteroatoms. The molecule has 1 aliphatic heterocycles. The van der Waals surface area contributed by atoms with Gasteiger partial charge in [-0.2, -0.15) is 0 Å². The molecule has 18 heavy (non-hydrogen) atoms. The highest BCUT2D eigenvalue weighted by atomic mass is 79.9. The van der Waals surface area contributed by atoms with Crippen LogP contribution in [0.3, 0.4) is 0 Å².